The molecule has 2 heterocycles. The van der Waals surface area contributed by atoms with Crippen LogP contribution in [0.5, 0.6) is 5.75 Å². The Bertz CT molecular complexity index is 847. The van der Waals surface area contributed by atoms with Crippen LogP contribution in [0.4, 0.5) is 0 Å². The Balaban J connectivity index is 1.32. The highest BCUT2D eigenvalue weighted by Gasteiger charge is 2.53. The van der Waals surface area contributed by atoms with Gasteiger partial charge in [0, 0.05) is 12.2 Å². The van der Waals surface area contributed by atoms with Crippen molar-refractivity contribution in [1.82, 2.24) is 4.90 Å². The largest absolute Gasteiger partial charge is 0.491 e. The summed E-state index contributed by atoms with van der Waals surface area (Å²) in [5, 5.41) is 10.3. The molecule has 0 aromatic heterocycles. The van der Waals surface area contributed by atoms with Crippen LogP contribution in [0, 0.1) is 5.41 Å². The molecule has 0 bridgehead atoms. The van der Waals surface area contributed by atoms with Gasteiger partial charge in [0.05, 0.1) is 12.0 Å². The minimum absolute atomic E-state index is 0.00776. The number of aliphatic hydroxyl groups excluding tert-OH is 1. The standard InChI is InChI=1S/C22H23NO4S/c24-18(13-23-20(25)12-22(21(23)26)10-11-28-15-22)14-27-19-8-6-17(7-9-19)16-4-2-1-3-5-16/h1-9,18,24H,10-15H2/t18-,22-/m0/s1. The van der Waals surface area contributed by atoms with E-state index >= 15 is 0 Å². The zero-order valence-electron chi connectivity index (χ0n) is 15.5. The van der Waals surface area contributed by atoms with Crippen molar-refractivity contribution >= 4 is 23.6 Å². The highest BCUT2D eigenvalue weighted by molar-refractivity contribution is 7.99. The van der Waals surface area contributed by atoms with Gasteiger partial charge in [-0.05, 0) is 35.4 Å². The first-order valence-electron chi connectivity index (χ1n) is 9.46. The third kappa shape index (κ3) is 3.80. The van der Waals surface area contributed by atoms with Gasteiger partial charge in [-0.2, -0.15) is 11.8 Å². The molecule has 0 aliphatic carbocycles. The van der Waals surface area contributed by atoms with Crippen LogP contribution in [0.15, 0.2) is 54.6 Å². The second-order valence-corrected chi connectivity index (χ2v) is 8.53. The minimum atomic E-state index is -0.911. The van der Waals surface area contributed by atoms with Crippen LogP contribution >= 0.6 is 11.8 Å². The first-order chi connectivity index (χ1) is 13.6. The lowest BCUT2D eigenvalue weighted by Gasteiger charge is -2.22. The number of hydrogen-bond acceptors (Lipinski definition) is 5. The predicted octanol–water partition coefficient (Wildman–Crippen LogP) is 2.98. The molecule has 146 valence electrons. The van der Waals surface area contributed by atoms with Gasteiger partial charge in [-0.15, -0.1) is 0 Å². The average molecular weight is 397 g/mol. The number of carbonyl (C=O) groups is 2. The number of likely N-dealkylation sites (tertiary alicyclic amines) is 1. The fraction of sp³-hybridized carbons (Fsp3) is 0.364. The van der Waals surface area contributed by atoms with Crippen LogP contribution in [-0.4, -0.2) is 52.6 Å². The molecule has 2 aromatic carbocycles. The van der Waals surface area contributed by atoms with E-state index in [9.17, 15) is 14.7 Å². The lowest BCUT2D eigenvalue weighted by atomic mass is 9.86. The van der Waals surface area contributed by atoms with Crippen molar-refractivity contribution in [3.63, 3.8) is 0 Å². The molecule has 2 atom stereocenters. The molecular formula is C22H23NO4S. The van der Waals surface area contributed by atoms with Gasteiger partial charge in [0.1, 0.15) is 18.5 Å². The number of β-amino-alcohol motifs (C(OH)–C–C–N with tert-alkyl or cyclic N) is 1. The van der Waals surface area contributed by atoms with E-state index in [0.29, 0.717) is 11.5 Å². The Morgan fingerprint density at radius 2 is 1.79 bits per heavy atom. The van der Waals surface area contributed by atoms with Crippen molar-refractivity contribution in [3.8, 4) is 16.9 Å². The molecule has 2 aliphatic heterocycles. The molecule has 1 spiro atoms. The number of benzene rings is 2. The number of rotatable bonds is 6. The maximum absolute atomic E-state index is 12.7. The van der Waals surface area contributed by atoms with Gasteiger partial charge in [0.15, 0.2) is 0 Å². The molecule has 2 aliphatic rings. The van der Waals surface area contributed by atoms with E-state index in [2.05, 4.69) is 0 Å². The van der Waals surface area contributed by atoms with Crippen molar-refractivity contribution in [3.05, 3.63) is 54.6 Å². The van der Waals surface area contributed by atoms with Crippen LogP contribution in [0.25, 0.3) is 11.1 Å². The SMILES string of the molecule is O=C1C[C@]2(CCSC2)C(=O)N1C[C@H](O)COc1ccc(-c2ccccc2)cc1. The normalized spacial score (nSPS) is 22.8. The van der Waals surface area contributed by atoms with Crippen molar-refractivity contribution in [2.45, 2.75) is 18.9 Å². The fourth-order valence-corrected chi connectivity index (χ4v) is 5.23. The van der Waals surface area contributed by atoms with Gasteiger partial charge in [-0.1, -0.05) is 42.5 Å². The van der Waals surface area contributed by atoms with Crippen LogP contribution in [0.2, 0.25) is 0 Å². The van der Waals surface area contributed by atoms with E-state index in [1.54, 1.807) is 11.8 Å². The Morgan fingerprint density at radius 3 is 2.46 bits per heavy atom. The molecule has 0 radical (unpaired) electrons. The Labute approximate surface area is 168 Å². The van der Waals surface area contributed by atoms with E-state index in [4.69, 9.17) is 4.74 Å². The number of thioether (sulfide) groups is 1. The fourth-order valence-electron chi connectivity index (χ4n) is 3.79. The van der Waals surface area contributed by atoms with E-state index in [1.807, 2.05) is 54.6 Å². The Hall–Kier alpha value is -2.31. The molecule has 0 saturated carbocycles. The number of nitrogens with zero attached hydrogens (tertiary/aromatic N) is 1. The first-order valence-corrected chi connectivity index (χ1v) is 10.6. The number of aliphatic hydroxyl groups is 1. The zero-order valence-corrected chi connectivity index (χ0v) is 16.4. The quantitative estimate of drug-likeness (QED) is 0.759. The van der Waals surface area contributed by atoms with E-state index in [1.165, 1.54) is 4.90 Å². The Morgan fingerprint density at radius 1 is 1.07 bits per heavy atom. The van der Waals surface area contributed by atoms with Gasteiger partial charge in [0.2, 0.25) is 11.8 Å². The Kier molecular flexibility index (Phi) is 5.42. The maximum Gasteiger partial charge on any atom is 0.236 e. The molecule has 5 nitrogen and oxygen atoms in total. The van der Waals surface area contributed by atoms with Crippen LogP contribution < -0.4 is 4.74 Å². The highest BCUT2D eigenvalue weighted by atomic mass is 32.2. The summed E-state index contributed by atoms with van der Waals surface area (Å²) < 4.78 is 5.65. The summed E-state index contributed by atoms with van der Waals surface area (Å²) in [4.78, 5) is 26.2. The third-order valence-corrected chi connectivity index (χ3v) is 6.64. The van der Waals surface area contributed by atoms with Gasteiger partial charge >= 0.3 is 0 Å². The third-order valence-electron chi connectivity index (χ3n) is 5.39. The second kappa shape index (κ2) is 7.97. The number of ether oxygens (including phenoxy) is 1. The van der Waals surface area contributed by atoms with Crippen molar-refractivity contribution in [2.24, 2.45) is 5.41 Å². The van der Waals surface area contributed by atoms with Gasteiger partial charge in [0.25, 0.3) is 0 Å². The molecule has 2 fully saturated rings. The monoisotopic (exact) mass is 397 g/mol. The minimum Gasteiger partial charge on any atom is -0.491 e. The molecule has 2 aromatic rings. The van der Waals surface area contributed by atoms with Gasteiger partial charge < -0.3 is 9.84 Å². The molecule has 2 saturated heterocycles. The summed E-state index contributed by atoms with van der Waals surface area (Å²) in [6.07, 6.45) is 0.109. The lowest BCUT2D eigenvalue weighted by molar-refractivity contribution is -0.142. The summed E-state index contributed by atoms with van der Waals surface area (Å²) in [7, 11) is 0. The average Bonchev–Trinajstić information content (AvgIpc) is 3.28. The predicted molar refractivity (Wildman–Crippen MR) is 109 cm³/mol. The van der Waals surface area contributed by atoms with Gasteiger partial charge in [-0.3, -0.25) is 14.5 Å². The smallest absolute Gasteiger partial charge is 0.236 e. The van der Waals surface area contributed by atoms with Crippen LogP contribution in [-0.2, 0) is 9.59 Å². The molecule has 2 amide bonds. The number of carbonyl (C=O) groups excluding carboxylic acids is 2. The zero-order chi connectivity index (χ0) is 19.6. The van der Waals surface area contributed by atoms with Crippen molar-refractivity contribution in [2.75, 3.05) is 24.7 Å². The number of imide groups is 1. The molecular weight excluding hydrogens is 374 g/mol. The molecule has 28 heavy (non-hydrogen) atoms. The van der Waals surface area contributed by atoms with E-state index < -0.39 is 11.5 Å². The molecule has 1 N–H and O–H groups in total. The van der Waals surface area contributed by atoms with Crippen LogP contribution in [0.1, 0.15) is 12.8 Å². The topological polar surface area (TPSA) is 66.8 Å². The van der Waals surface area contributed by atoms with Crippen LogP contribution in [0.3, 0.4) is 0 Å². The van der Waals surface area contributed by atoms with E-state index in [0.717, 1.165) is 23.3 Å². The summed E-state index contributed by atoms with van der Waals surface area (Å²) in [6, 6.07) is 17.7. The number of amides is 2. The first kappa shape index (κ1) is 19.0. The summed E-state index contributed by atoms with van der Waals surface area (Å²) in [6.45, 7) is 0.0235. The molecule has 4 rings (SSSR count). The lowest BCUT2D eigenvalue weighted by Crippen LogP contribution is -2.41. The molecule has 6 heteroatoms. The summed E-state index contributed by atoms with van der Waals surface area (Å²) in [5.74, 6) is 1.94. The summed E-state index contributed by atoms with van der Waals surface area (Å²) in [5.41, 5.74) is 1.68. The highest BCUT2D eigenvalue weighted by Crippen LogP contribution is 2.44. The van der Waals surface area contributed by atoms with Gasteiger partial charge in [-0.25, -0.2) is 0 Å². The molecule has 0 unspecified atom stereocenters. The summed E-state index contributed by atoms with van der Waals surface area (Å²) >= 11 is 1.72. The van der Waals surface area contributed by atoms with Crippen molar-refractivity contribution in [1.29, 1.82) is 0 Å². The number of hydrogen-bond donors (Lipinski definition) is 1. The van der Waals surface area contributed by atoms with E-state index in [-0.39, 0.29) is 31.4 Å². The second-order valence-electron chi connectivity index (χ2n) is 7.42. The van der Waals surface area contributed by atoms with Crippen molar-refractivity contribution < 1.29 is 19.4 Å². The maximum atomic E-state index is 12.7.